The number of hydrogen-bond donors (Lipinski definition) is 0. The molecule has 0 unspecified atom stereocenters. The standard InChI is InChI=1S/C14H15N9O2/c1-20-13(24)3-2-12(18-20)14(25)21-8-11(9-21)22-6-10(17-19-22)7-23-15-4-5-16-23/h2-6,11H,7-9H2,1H3. The normalized spacial score (nSPS) is 14.5. The van der Waals surface area contributed by atoms with Crippen molar-refractivity contribution in [3.05, 3.63) is 52.5 Å². The summed E-state index contributed by atoms with van der Waals surface area (Å²) >= 11 is 0. The van der Waals surface area contributed by atoms with E-state index in [-0.39, 0.29) is 23.2 Å². The second-order valence-corrected chi connectivity index (χ2v) is 5.79. The highest BCUT2D eigenvalue weighted by Gasteiger charge is 2.34. The smallest absolute Gasteiger partial charge is 0.274 e. The van der Waals surface area contributed by atoms with Gasteiger partial charge in [0.25, 0.3) is 11.5 Å². The predicted octanol–water partition coefficient (Wildman–Crippen LogP) is -1.29. The average molecular weight is 341 g/mol. The third kappa shape index (κ3) is 2.91. The molecule has 1 amide bonds. The van der Waals surface area contributed by atoms with Gasteiger partial charge in [0.2, 0.25) is 0 Å². The monoisotopic (exact) mass is 341 g/mol. The van der Waals surface area contributed by atoms with Gasteiger partial charge in [0.05, 0.1) is 24.6 Å². The number of likely N-dealkylation sites (tertiary alicyclic amines) is 1. The number of nitrogens with zero attached hydrogens (tertiary/aromatic N) is 9. The van der Waals surface area contributed by atoms with E-state index in [9.17, 15) is 9.59 Å². The molecule has 11 heteroatoms. The van der Waals surface area contributed by atoms with Gasteiger partial charge in [-0.25, -0.2) is 9.36 Å². The molecular formula is C14H15N9O2. The first-order valence-electron chi connectivity index (χ1n) is 7.68. The first-order valence-corrected chi connectivity index (χ1v) is 7.68. The molecule has 11 nitrogen and oxygen atoms in total. The van der Waals surface area contributed by atoms with Crippen molar-refractivity contribution >= 4 is 5.91 Å². The molecule has 0 atom stereocenters. The number of carbonyl (C=O) groups excluding carboxylic acids is 1. The third-order valence-electron chi connectivity index (χ3n) is 4.03. The lowest BCUT2D eigenvalue weighted by molar-refractivity contribution is 0.0490. The van der Waals surface area contributed by atoms with Crippen LogP contribution in [0.2, 0.25) is 0 Å². The lowest BCUT2D eigenvalue weighted by Gasteiger charge is -2.38. The number of hydrogen-bond acceptors (Lipinski definition) is 7. The number of rotatable bonds is 4. The van der Waals surface area contributed by atoms with E-state index in [4.69, 9.17) is 0 Å². The minimum atomic E-state index is -0.250. The van der Waals surface area contributed by atoms with Gasteiger partial charge in [0.1, 0.15) is 17.9 Å². The minimum absolute atomic E-state index is 0.0725. The van der Waals surface area contributed by atoms with Gasteiger partial charge in [-0.3, -0.25) is 9.59 Å². The number of aromatic nitrogens is 8. The van der Waals surface area contributed by atoms with E-state index in [2.05, 4.69) is 25.6 Å². The van der Waals surface area contributed by atoms with Crippen molar-refractivity contribution in [2.75, 3.05) is 13.1 Å². The van der Waals surface area contributed by atoms with E-state index in [1.165, 1.54) is 24.0 Å². The van der Waals surface area contributed by atoms with Crippen LogP contribution < -0.4 is 5.56 Å². The van der Waals surface area contributed by atoms with E-state index in [1.807, 2.05) is 6.20 Å². The fourth-order valence-electron chi connectivity index (χ4n) is 2.60. The van der Waals surface area contributed by atoms with Crippen LogP contribution in [0, 0.1) is 0 Å². The molecule has 0 aliphatic carbocycles. The molecule has 1 fully saturated rings. The Balaban J connectivity index is 1.38. The molecule has 1 aliphatic rings. The Morgan fingerprint density at radius 3 is 2.72 bits per heavy atom. The molecule has 0 N–H and O–H groups in total. The largest absolute Gasteiger partial charge is 0.333 e. The number of aryl methyl sites for hydroxylation is 1. The van der Waals surface area contributed by atoms with Crippen LogP contribution in [0.3, 0.4) is 0 Å². The summed E-state index contributed by atoms with van der Waals surface area (Å²) in [7, 11) is 1.52. The molecule has 3 aromatic rings. The molecule has 0 radical (unpaired) electrons. The molecule has 4 heterocycles. The van der Waals surface area contributed by atoms with Gasteiger partial charge < -0.3 is 4.90 Å². The van der Waals surface area contributed by atoms with E-state index in [1.54, 1.807) is 22.0 Å². The molecule has 1 aliphatic heterocycles. The lowest BCUT2D eigenvalue weighted by Crippen LogP contribution is -2.51. The zero-order valence-electron chi connectivity index (χ0n) is 13.4. The van der Waals surface area contributed by atoms with Crippen LogP contribution >= 0.6 is 0 Å². The predicted molar refractivity (Wildman–Crippen MR) is 83.6 cm³/mol. The Morgan fingerprint density at radius 1 is 1.24 bits per heavy atom. The summed E-state index contributed by atoms with van der Waals surface area (Å²) in [6.07, 6.45) is 5.04. The Hall–Kier alpha value is -3.37. The zero-order chi connectivity index (χ0) is 17.4. The second-order valence-electron chi connectivity index (χ2n) is 5.79. The average Bonchev–Trinajstić information content (AvgIpc) is 3.21. The summed E-state index contributed by atoms with van der Waals surface area (Å²) in [6, 6.07) is 2.86. The summed E-state index contributed by atoms with van der Waals surface area (Å²) < 4.78 is 2.90. The first-order chi connectivity index (χ1) is 12.1. The lowest BCUT2D eigenvalue weighted by atomic mass is 10.1. The molecule has 3 aromatic heterocycles. The fourth-order valence-corrected chi connectivity index (χ4v) is 2.60. The van der Waals surface area contributed by atoms with E-state index < -0.39 is 0 Å². The maximum absolute atomic E-state index is 12.4. The number of carbonyl (C=O) groups is 1. The molecule has 0 saturated carbocycles. The molecule has 128 valence electrons. The molecule has 0 bridgehead atoms. The van der Waals surface area contributed by atoms with Crippen LogP contribution in [0.4, 0.5) is 0 Å². The summed E-state index contributed by atoms with van der Waals surface area (Å²) in [5.41, 5.74) is 0.755. The van der Waals surface area contributed by atoms with E-state index >= 15 is 0 Å². The van der Waals surface area contributed by atoms with Crippen molar-refractivity contribution in [2.45, 2.75) is 12.6 Å². The quantitative estimate of drug-likeness (QED) is 0.579. The highest BCUT2D eigenvalue weighted by Crippen LogP contribution is 2.22. The van der Waals surface area contributed by atoms with Crippen molar-refractivity contribution < 1.29 is 4.79 Å². The van der Waals surface area contributed by atoms with Gasteiger partial charge in [0, 0.05) is 26.2 Å². The van der Waals surface area contributed by atoms with Crippen LogP contribution in [0.1, 0.15) is 22.2 Å². The van der Waals surface area contributed by atoms with Crippen molar-refractivity contribution in [1.29, 1.82) is 0 Å². The van der Waals surface area contributed by atoms with Crippen LogP contribution in [-0.4, -0.2) is 63.7 Å². The third-order valence-corrected chi connectivity index (χ3v) is 4.03. The Labute approximate surface area is 141 Å². The summed E-state index contributed by atoms with van der Waals surface area (Å²) in [5.74, 6) is -0.201. The molecule has 0 aromatic carbocycles. The fraction of sp³-hybridized carbons (Fsp3) is 0.357. The topological polar surface area (TPSA) is 117 Å². The van der Waals surface area contributed by atoms with Crippen LogP contribution in [0.15, 0.2) is 35.5 Å². The van der Waals surface area contributed by atoms with Gasteiger partial charge in [-0.05, 0) is 6.07 Å². The van der Waals surface area contributed by atoms with Crippen LogP contribution in [0.5, 0.6) is 0 Å². The maximum atomic E-state index is 12.4. The van der Waals surface area contributed by atoms with Gasteiger partial charge >= 0.3 is 0 Å². The van der Waals surface area contributed by atoms with Crippen LogP contribution in [-0.2, 0) is 13.6 Å². The van der Waals surface area contributed by atoms with Gasteiger partial charge in [0.15, 0.2) is 0 Å². The maximum Gasteiger partial charge on any atom is 0.274 e. The molecule has 1 saturated heterocycles. The zero-order valence-corrected chi connectivity index (χ0v) is 13.4. The van der Waals surface area contributed by atoms with E-state index in [0.717, 1.165) is 10.4 Å². The van der Waals surface area contributed by atoms with Gasteiger partial charge in [-0.2, -0.15) is 20.1 Å². The highest BCUT2D eigenvalue weighted by atomic mass is 16.2. The Kier molecular flexibility index (Phi) is 3.60. The summed E-state index contributed by atoms with van der Waals surface area (Å²) in [4.78, 5) is 26.9. The molecule has 0 spiro atoms. The summed E-state index contributed by atoms with van der Waals surface area (Å²) in [6.45, 7) is 1.49. The van der Waals surface area contributed by atoms with Gasteiger partial charge in [-0.15, -0.1) is 5.10 Å². The number of amides is 1. The molecular weight excluding hydrogens is 326 g/mol. The highest BCUT2D eigenvalue weighted by molar-refractivity contribution is 5.92. The van der Waals surface area contributed by atoms with Gasteiger partial charge in [-0.1, -0.05) is 5.21 Å². The SMILES string of the molecule is Cn1nc(C(=O)N2CC(n3cc(Cn4nccn4)nn3)C2)ccc1=O. The Morgan fingerprint density at radius 2 is 2.00 bits per heavy atom. The van der Waals surface area contributed by atoms with Crippen molar-refractivity contribution in [2.24, 2.45) is 7.05 Å². The van der Waals surface area contributed by atoms with Crippen molar-refractivity contribution in [3.8, 4) is 0 Å². The second kappa shape index (κ2) is 5.92. The first kappa shape index (κ1) is 15.2. The van der Waals surface area contributed by atoms with Crippen molar-refractivity contribution in [3.63, 3.8) is 0 Å². The minimum Gasteiger partial charge on any atom is -0.333 e. The molecule has 25 heavy (non-hydrogen) atoms. The van der Waals surface area contributed by atoms with E-state index in [0.29, 0.717) is 19.6 Å². The van der Waals surface area contributed by atoms with Crippen molar-refractivity contribution in [1.82, 2.24) is 44.7 Å². The summed E-state index contributed by atoms with van der Waals surface area (Å²) in [5, 5.41) is 20.2. The molecule has 4 rings (SSSR count). The Bertz CT molecular complexity index is 953. The van der Waals surface area contributed by atoms with Crippen LogP contribution in [0.25, 0.3) is 0 Å².